The average molecular weight is 254 g/mol. The molecule has 0 radical (unpaired) electrons. The molecule has 3 nitrogen and oxygen atoms in total. The van der Waals surface area contributed by atoms with Gasteiger partial charge in [-0.3, -0.25) is 9.59 Å². The first-order valence-corrected chi connectivity index (χ1v) is 6.56. The molecule has 1 saturated carbocycles. The molecule has 3 rings (SSSR count). The summed E-state index contributed by atoms with van der Waals surface area (Å²) in [4.78, 5) is 23.0. The van der Waals surface area contributed by atoms with Gasteiger partial charge in [0.1, 0.15) is 0 Å². The fourth-order valence-electron chi connectivity index (χ4n) is 2.80. The number of esters is 2. The Kier molecular flexibility index (Phi) is 3.08. The molecular formula is C16H14O3. The third kappa shape index (κ3) is 2.39. The molecule has 19 heavy (non-hydrogen) atoms. The van der Waals surface area contributed by atoms with Crippen LogP contribution in [-0.4, -0.2) is 11.9 Å². The predicted molar refractivity (Wildman–Crippen MR) is 68.7 cm³/mol. The van der Waals surface area contributed by atoms with Gasteiger partial charge in [0.2, 0.25) is 0 Å². The lowest BCUT2D eigenvalue weighted by molar-refractivity contribution is -0.153. The van der Waals surface area contributed by atoms with Crippen LogP contribution in [0, 0.1) is 29.6 Å². The van der Waals surface area contributed by atoms with Gasteiger partial charge in [0.25, 0.3) is 0 Å². The minimum atomic E-state index is -0.360. The summed E-state index contributed by atoms with van der Waals surface area (Å²) in [5, 5.41) is 0. The summed E-state index contributed by atoms with van der Waals surface area (Å²) in [5.41, 5.74) is 0.981. The molecule has 0 N–H and O–H groups in total. The summed E-state index contributed by atoms with van der Waals surface area (Å²) in [6.07, 6.45) is 2.22. The van der Waals surface area contributed by atoms with Gasteiger partial charge in [0, 0.05) is 11.5 Å². The molecule has 2 aliphatic rings. The Labute approximate surface area is 112 Å². The number of carbonyl (C=O) groups excluding carboxylic acids is 2. The van der Waals surface area contributed by atoms with E-state index >= 15 is 0 Å². The second kappa shape index (κ2) is 4.89. The van der Waals surface area contributed by atoms with E-state index in [0.29, 0.717) is 12.8 Å². The van der Waals surface area contributed by atoms with Gasteiger partial charge < -0.3 is 4.74 Å². The molecule has 0 spiro atoms. The first-order valence-electron chi connectivity index (χ1n) is 6.56. The average Bonchev–Trinajstić information content (AvgIpc) is 2.73. The molecule has 0 amide bonds. The summed E-state index contributed by atoms with van der Waals surface area (Å²) in [7, 11) is 0. The molecule has 1 heterocycles. The summed E-state index contributed by atoms with van der Waals surface area (Å²) in [6, 6.07) is 9.79. The van der Waals surface area contributed by atoms with Gasteiger partial charge in [-0.1, -0.05) is 30.0 Å². The number of rotatable bonds is 0. The van der Waals surface area contributed by atoms with Crippen molar-refractivity contribution in [2.24, 2.45) is 17.8 Å². The van der Waals surface area contributed by atoms with E-state index in [1.54, 1.807) is 0 Å². The summed E-state index contributed by atoms with van der Waals surface area (Å²) >= 11 is 0. The van der Waals surface area contributed by atoms with Gasteiger partial charge in [0.05, 0.1) is 11.8 Å². The molecule has 1 aromatic rings. The Morgan fingerprint density at radius 3 is 2.53 bits per heavy atom. The van der Waals surface area contributed by atoms with Crippen molar-refractivity contribution in [1.82, 2.24) is 0 Å². The van der Waals surface area contributed by atoms with Crippen molar-refractivity contribution in [3.05, 3.63) is 35.9 Å². The lowest BCUT2D eigenvalue weighted by atomic mass is 9.75. The van der Waals surface area contributed by atoms with Crippen LogP contribution < -0.4 is 0 Å². The molecule has 1 saturated heterocycles. The van der Waals surface area contributed by atoms with E-state index in [2.05, 4.69) is 11.8 Å². The van der Waals surface area contributed by atoms with E-state index < -0.39 is 0 Å². The van der Waals surface area contributed by atoms with E-state index in [9.17, 15) is 9.59 Å². The van der Waals surface area contributed by atoms with E-state index in [-0.39, 0.29) is 29.7 Å². The maximum atomic E-state index is 11.5. The Bertz CT molecular complexity index is 565. The molecule has 0 aromatic heterocycles. The van der Waals surface area contributed by atoms with E-state index in [4.69, 9.17) is 4.74 Å². The van der Waals surface area contributed by atoms with Crippen LogP contribution in [0.25, 0.3) is 0 Å². The third-order valence-corrected chi connectivity index (χ3v) is 3.85. The second-order valence-corrected chi connectivity index (χ2v) is 5.10. The van der Waals surface area contributed by atoms with Gasteiger partial charge in [-0.05, 0) is 31.4 Å². The standard InChI is InChI=1S/C16H14O3/c17-15-13-9-8-12(10-14(13)16(18)19-15)7-6-11-4-2-1-3-5-11/h1-5,12-14H,8-10H2. The number of carbonyl (C=O) groups is 2. The molecule has 1 aliphatic carbocycles. The van der Waals surface area contributed by atoms with Crippen LogP contribution in [0.4, 0.5) is 0 Å². The Morgan fingerprint density at radius 2 is 1.74 bits per heavy atom. The summed E-state index contributed by atoms with van der Waals surface area (Å²) in [6.45, 7) is 0. The Balaban J connectivity index is 1.71. The maximum Gasteiger partial charge on any atom is 0.317 e. The first-order chi connectivity index (χ1) is 9.24. The maximum absolute atomic E-state index is 11.5. The van der Waals surface area contributed by atoms with Crippen LogP contribution in [0.5, 0.6) is 0 Å². The topological polar surface area (TPSA) is 43.4 Å². The van der Waals surface area contributed by atoms with Gasteiger partial charge in [-0.25, -0.2) is 0 Å². The van der Waals surface area contributed by atoms with Crippen LogP contribution in [0.15, 0.2) is 30.3 Å². The molecule has 3 unspecified atom stereocenters. The van der Waals surface area contributed by atoms with E-state index in [1.807, 2.05) is 30.3 Å². The minimum Gasteiger partial charge on any atom is -0.393 e. The van der Waals surface area contributed by atoms with Gasteiger partial charge in [0.15, 0.2) is 0 Å². The zero-order valence-corrected chi connectivity index (χ0v) is 10.5. The molecule has 96 valence electrons. The number of fused-ring (bicyclic) bond motifs is 1. The normalized spacial score (nSPS) is 29.2. The molecule has 1 aliphatic heterocycles. The highest BCUT2D eigenvalue weighted by atomic mass is 16.6. The van der Waals surface area contributed by atoms with Gasteiger partial charge >= 0.3 is 11.9 Å². The molecule has 3 heteroatoms. The second-order valence-electron chi connectivity index (χ2n) is 5.10. The zero-order chi connectivity index (χ0) is 13.2. The number of hydrogen-bond acceptors (Lipinski definition) is 3. The Morgan fingerprint density at radius 1 is 1.00 bits per heavy atom. The Hall–Kier alpha value is -2.08. The summed E-state index contributed by atoms with van der Waals surface area (Å²) in [5.74, 6) is 5.34. The smallest absolute Gasteiger partial charge is 0.317 e. The molecule has 2 fully saturated rings. The monoisotopic (exact) mass is 254 g/mol. The number of ether oxygens (including phenoxy) is 1. The van der Waals surface area contributed by atoms with Crippen molar-refractivity contribution >= 4 is 11.9 Å². The highest BCUT2D eigenvalue weighted by Crippen LogP contribution is 2.39. The van der Waals surface area contributed by atoms with Crippen molar-refractivity contribution in [2.45, 2.75) is 19.3 Å². The van der Waals surface area contributed by atoms with Crippen LogP contribution in [0.1, 0.15) is 24.8 Å². The van der Waals surface area contributed by atoms with Crippen molar-refractivity contribution < 1.29 is 14.3 Å². The minimum absolute atomic E-state index is 0.180. The molecule has 1 aromatic carbocycles. The van der Waals surface area contributed by atoms with Crippen molar-refractivity contribution in [3.8, 4) is 11.8 Å². The fraction of sp³-hybridized carbons (Fsp3) is 0.375. The number of benzene rings is 1. The van der Waals surface area contributed by atoms with Crippen molar-refractivity contribution in [3.63, 3.8) is 0 Å². The van der Waals surface area contributed by atoms with Crippen LogP contribution in [0.2, 0.25) is 0 Å². The van der Waals surface area contributed by atoms with Gasteiger partial charge in [-0.15, -0.1) is 0 Å². The fourth-order valence-corrected chi connectivity index (χ4v) is 2.80. The third-order valence-electron chi connectivity index (χ3n) is 3.85. The first kappa shape index (κ1) is 12.0. The van der Waals surface area contributed by atoms with Gasteiger partial charge in [-0.2, -0.15) is 0 Å². The lowest BCUT2D eigenvalue weighted by Crippen LogP contribution is -2.26. The van der Waals surface area contributed by atoms with Crippen LogP contribution in [-0.2, 0) is 14.3 Å². The van der Waals surface area contributed by atoms with Crippen molar-refractivity contribution in [1.29, 1.82) is 0 Å². The van der Waals surface area contributed by atoms with Crippen molar-refractivity contribution in [2.75, 3.05) is 0 Å². The summed E-state index contributed by atoms with van der Waals surface area (Å²) < 4.78 is 4.69. The molecule has 3 atom stereocenters. The van der Waals surface area contributed by atoms with E-state index in [1.165, 1.54) is 0 Å². The SMILES string of the molecule is O=C1OC(=O)C2CC(C#Cc3ccccc3)CCC12. The largest absolute Gasteiger partial charge is 0.393 e. The highest BCUT2D eigenvalue weighted by molar-refractivity contribution is 5.96. The quantitative estimate of drug-likeness (QED) is 0.405. The van der Waals surface area contributed by atoms with Crippen LogP contribution in [0.3, 0.4) is 0 Å². The van der Waals surface area contributed by atoms with E-state index in [0.717, 1.165) is 12.0 Å². The van der Waals surface area contributed by atoms with Crippen LogP contribution >= 0.6 is 0 Å². The molecular weight excluding hydrogens is 240 g/mol. The lowest BCUT2D eigenvalue weighted by Gasteiger charge is -2.23. The predicted octanol–water partition coefficient (Wildman–Crippen LogP) is 2.15. The number of cyclic esters (lactones) is 2. The molecule has 0 bridgehead atoms. The highest BCUT2D eigenvalue weighted by Gasteiger charge is 2.47. The zero-order valence-electron chi connectivity index (χ0n) is 10.5. The number of hydrogen-bond donors (Lipinski definition) is 0.